The van der Waals surface area contributed by atoms with Crippen LogP contribution < -0.4 is 61.6 Å². The smallest absolute Gasteiger partial charge is 0.489 e. The molecule has 0 N–H and O–H groups in total. The number of pyridine rings is 1. The molecule has 0 spiro atoms. The number of sulfone groups is 1. The van der Waals surface area contributed by atoms with Crippen LogP contribution in [-0.4, -0.2) is 38.0 Å². The van der Waals surface area contributed by atoms with E-state index in [0.717, 1.165) is 12.3 Å². The van der Waals surface area contributed by atoms with Crippen LogP contribution in [0.4, 0.5) is 12.9 Å². The number of nitrogens with zero attached hydrogens (tertiary/aromatic N) is 1. The minimum atomic E-state index is -5.12. The van der Waals surface area contributed by atoms with Crippen molar-refractivity contribution in [1.29, 1.82) is 0 Å². The summed E-state index contributed by atoms with van der Waals surface area (Å²) in [5.41, 5.74) is -0.817. The van der Waals surface area contributed by atoms with Crippen molar-refractivity contribution in [1.82, 2.24) is 4.98 Å². The normalized spacial score (nSPS) is 22.7. The SMILES string of the molecule is CS(=O)(=O)C1CCCC(Oc2cncc([B-](F)(F)F)c2)C1.[K+]. The van der Waals surface area contributed by atoms with E-state index < -0.39 is 33.6 Å². The zero-order valence-electron chi connectivity index (χ0n) is 12.5. The summed E-state index contributed by atoms with van der Waals surface area (Å²) in [6.45, 7) is -5.12. The van der Waals surface area contributed by atoms with Crippen LogP contribution in [0.15, 0.2) is 18.5 Å². The minimum absolute atomic E-state index is 0. The number of rotatable bonds is 4. The summed E-state index contributed by atoms with van der Waals surface area (Å²) in [6.07, 6.45) is 4.95. The minimum Gasteiger partial charge on any atom is -0.489 e. The maximum absolute atomic E-state index is 12.7. The first-order valence-electron chi connectivity index (χ1n) is 6.66. The molecule has 0 bridgehead atoms. The molecule has 0 radical (unpaired) electrons. The van der Waals surface area contributed by atoms with Crippen LogP contribution in [0.5, 0.6) is 5.75 Å². The van der Waals surface area contributed by atoms with E-state index >= 15 is 0 Å². The van der Waals surface area contributed by atoms with Gasteiger partial charge in [-0.3, -0.25) is 4.98 Å². The maximum Gasteiger partial charge on any atom is 1.00 e. The van der Waals surface area contributed by atoms with Crippen molar-refractivity contribution < 1.29 is 77.5 Å². The molecule has 1 aromatic heterocycles. The quantitative estimate of drug-likeness (QED) is 0.638. The molecule has 1 fully saturated rings. The largest absolute Gasteiger partial charge is 1.00 e. The van der Waals surface area contributed by atoms with Crippen LogP contribution in [-0.2, 0) is 9.84 Å². The summed E-state index contributed by atoms with van der Waals surface area (Å²) in [5, 5.41) is -0.487. The Morgan fingerprint density at radius 1 is 1.27 bits per heavy atom. The standard InChI is InChI=1S/C12H16BF3NO3S.K/c1-21(18,19)12-4-2-3-10(6-12)20-11-5-9(7-17-8-11)13(14,15)16;/h5,7-8,10,12H,2-4,6H2,1H3;/q-1;+1. The van der Waals surface area contributed by atoms with E-state index in [-0.39, 0.29) is 57.1 Å². The molecule has 1 heterocycles. The summed E-state index contributed by atoms with van der Waals surface area (Å²) in [6, 6.07) is 0.914. The average molecular weight is 361 g/mol. The van der Waals surface area contributed by atoms with Gasteiger partial charge < -0.3 is 17.7 Å². The number of aromatic nitrogens is 1. The van der Waals surface area contributed by atoms with Crippen molar-refractivity contribution in [2.45, 2.75) is 37.0 Å². The van der Waals surface area contributed by atoms with Gasteiger partial charge in [-0.25, -0.2) is 8.42 Å². The molecular formula is C12H16BF3KNO3S. The fraction of sp³-hybridized carbons (Fsp3) is 0.583. The Kier molecular flexibility index (Phi) is 7.41. The molecule has 118 valence electrons. The molecule has 4 nitrogen and oxygen atoms in total. The molecule has 2 atom stereocenters. The summed E-state index contributed by atoms with van der Waals surface area (Å²) in [7, 11) is -3.16. The Bertz CT molecular complexity index is 612. The molecule has 2 rings (SSSR count). The van der Waals surface area contributed by atoms with Crippen molar-refractivity contribution >= 4 is 22.3 Å². The molecule has 0 amide bonds. The molecule has 0 aromatic carbocycles. The van der Waals surface area contributed by atoms with E-state index in [4.69, 9.17) is 4.74 Å². The van der Waals surface area contributed by atoms with Crippen molar-refractivity contribution in [3.63, 3.8) is 0 Å². The molecule has 0 aliphatic heterocycles. The predicted molar refractivity (Wildman–Crippen MR) is 74.5 cm³/mol. The van der Waals surface area contributed by atoms with Gasteiger partial charge in [-0.1, -0.05) is 5.46 Å². The average Bonchev–Trinajstić information content (AvgIpc) is 2.37. The van der Waals surface area contributed by atoms with Gasteiger partial charge in [0.25, 0.3) is 0 Å². The third-order valence-corrected chi connectivity index (χ3v) is 5.24. The molecule has 1 aliphatic rings. The zero-order valence-corrected chi connectivity index (χ0v) is 16.4. The second kappa shape index (κ2) is 7.98. The van der Waals surface area contributed by atoms with E-state index in [1.165, 1.54) is 12.5 Å². The summed E-state index contributed by atoms with van der Waals surface area (Å²) >= 11 is 0. The van der Waals surface area contributed by atoms with Gasteiger partial charge in [0.2, 0.25) is 0 Å². The number of halogens is 3. The second-order valence-corrected chi connectivity index (χ2v) is 7.71. The summed E-state index contributed by atoms with van der Waals surface area (Å²) in [5.74, 6) is 0.0332. The van der Waals surface area contributed by atoms with E-state index in [2.05, 4.69) is 4.98 Å². The van der Waals surface area contributed by atoms with Crippen LogP contribution in [0.2, 0.25) is 0 Å². The monoisotopic (exact) mass is 361 g/mol. The van der Waals surface area contributed by atoms with Gasteiger partial charge in [0, 0.05) is 18.9 Å². The number of ether oxygens (including phenoxy) is 1. The van der Waals surface area contributed by atoms with E-state index in [9.17, 15) is 21.4 Å². The van der Waals surface area contributed by atoms with E-state index in [1.807, 2.05) is 0 Å². The fourth-order valence-electron chi connectivity index (χ4n) is 2.47. The molecular weight excluding hydrogens is 345 g/mol. The Labute approximate surface area is 170 Å². The molecule has 22 heavy (non-hydrogen) atoms. The molecule has 1 saturated carbocycles. The first-order chi connectivity index (χ1) is 9.66. The van der Waals surface area contributed by atoms with Crippen LogP contribution >= 0.6 is 0 Å². The van der Waals surface area contributed by atoms with Gasteiger partial charge in [0.05, 0.1) is 11.4 Å². The van der Waals surface area contributed by atoms with Gasteiger partial charge in [-0.2, -0.15) is 0 Å². The van der Waals surface area contributed by atoms with Crippen molar-refractivity contribution in [2.24, 2.45) is 0 Å². The van der Waals surface area contributed by atoms with Crippen LogP contribution in [0.25, 0.3) is 0 Å². The number of hydrogen-bond acceptors (Lipinski definition) is 4. The van der Waals surface area contributed by atoms with Gasteiger partial charge in [-0.15, -0.1) is 0 Å². The van der Waals surface area contributed by atoms with Crippen LogP contribution in [0, 0.1) is 0 Å². The first-order valence-corrected chi connectivity index (χ1v) is 8.62. The summed E-state index contributed by atoms with van der Waals surface area (Å²) in [4.78, 5) is 3.54. The van der Waals surface area contributed by atoms with E-state index in [0.29, 0.717) is 25.7 Å². The molecule has 2 unspecified atom stereocenters. The second-order valence-electron chi connectivity index (χ2n) is 5.39. The third kappa shape index (κ3) is 5.79. The Morgan fingerprint density at radius 3 is 2.55 bits per heavy atom. The zero-order chi connectivity index (χ0) is 15.7. The molecule has 1 aliphatic carbocycles. The van der Waals surface area contributed by atoms with Crippen molar-refractivity contribution in [2.75, 3.05) is 6.26 Å². The Hall–Kier alpha value is 0.391. The Morgan fingerprint density at radius 2 is 1.95 bits per heavy atom. The topological polar surface area (TPSA) is 56.3 Å². The molecule has 1 aromatic rings. The first kappa shape index (κ1) is 20.4. The third-order valence-electron chi connectivity index (χ3n) is 3.60. The molecule has 0 saturated heterocycles. The van der Waals surface area contributed by atoms with Gasteiger partial charge in [-0.05, 0) is 25.3 Å². The van der Waals surface area contributed by atoms with Crippen molar-refractivity contribution in [3.05, 3.63) is 18.5 Å². The van der Waals surface area contributed by atoms with Crippen LogP contribution in [0.3, 0.4) is 0 Å². The van der Waals surface area contributed by atoms with Crippen molar-refractivity contribution in [3.8, 4) is 5.75 Å². The molecule has 10 heteroatoms. The van der Waals surface area contributed by atoms with E-state index in [1.54, 1.807) is 0 Å². The summed E-state index contributed by atoms with van der Waals surface area (Å²) < 4.78 is 66.6. The maximum atomic E-state index is 12.7. The van der Waals surface area contributed by atoms with Crippen LogP contribution in [0.1, 0.15) is 25.7 Å². The number of hydrogen-bond donors (Lipinski definition) is 0. The van der Waals surface area contributed by atoms with Gasteiger partial charge in [0.1, 0.15) is 21.7 Å². The predicted octanol–water partition coefficient (Wildman–Crippen LogP) is -1.13. The Balaban J connectivity index is 0.00000242. The van der Waals surface area contributed by atoms with Gasteiger partial charge in [0.15, 0.2) is 0 Å². The fourth-order valence-corrected chi connectivity index (χ4v) is 3.63. The van der Waals surface area contributed by atoms with Gasteiger partial charge >= 0.3 is 58.4 Å².